The Labute approximate surface area is 336 Å². The maximum Gasteiger partial charge on any atom is 0.143 e. The molecule has 3 heteroatoms. The van der Waals surface area contributed by atoms with Crippen LogP contribution in [0.15, 0.2) is 209 Å². The Morgan fingerprint density at radius 1 is 0.400 bits per heavy atom. The fourth-order valence-electron chi connectivity index (χ4n) is 7.35. The first kappa shape index (κ1) is 20.8. The molecule has 0 saturated carbocycles. The van der Waals surface area contributed by atoms with Gasteiger partial charge in [-0.2, -0.15) is 0 Å². The molecule has 0 aliphatic heterocycles. The maximum absolute atomic E-state index is 9.57. The molecule has 11 rings (SSSR count). The van der Waals surface area contributed by atoms with Crippen molar-refractivity contribution in [2.24, 2.45) is 0 Å². The van der Waals surface area contributed by atoms with Crippen LogP contribution in [-0.4, -0.2) is 0 Å². The molecule has 0 amide bonds. The average molecular weight is 717 g/mol. The van der Waals surface area contributed by atoms with Crippen LogP contribution >= 0.6 is 0 Å². The van der Waals surface area contributed by atoms with Crippen LogP contribution in [0, 0.1) is 0 Å². The predicted molar refractivity (Wildman–Crippen MR) is 229 cm³/mol. The van der Waals surface area contributed by atoms with E-state index < -0.39 is 30.2 Å². The molecule has 2 heterocycles. The van der Waals surface area contributed by atoms with Crippen LogP contribution in [0.5, 0.6) is 0 Å². The molecule has 0 unspecified atom stereocenters. The minimum Gasteiger partial charge on any atom is -0.456 e. The zero-order chi connectivity index (χ0) is 47.6. The number of para-hydroxylation sites is 4. The first-order valence-electron chi connectivity index (χ1n) is 24.1. The van der Waals surface area contributed by atoms with Crippen molar-refractivity contribution in [3.8, 4) is 33.4 Å². The fraction of sp³-hybridized carbons (Fsp3) is 0. The van der Waals surface area contributed by atoms with Gasteiger partial charge in [-0.25, -0.2) is 0 Å². The predicted octanol–water partition coefficient (Wildman–Crippen LogP) is 15.1. The van der Waals surface area contributed by atoms with E-state index in [4.69, 9.17) is 25.3 Å². The molecule has 0 saturated heterocycles. The molecule has 0 aliphatic carbocycles. The van der Waals surface area contributed by atoms with Crippen molar-refractivity contribution in [1.82, 2.24) is 0 Å². The zero-order valence-corrected chi connectivity index (χ0v) is 28.8. The maximum atomic E-state index is 9.57. The summed E-state index contributed by atoms with van der Waals surface area (Å²) in [4.78, 5) is 2.06. The molecule has 0 atom stereocenters. The molecule has 0 fully saturated rings. The monoisotopic (exact) mass is 716 g/mol. The zero-order valence-electron chi connectivity index (χ0n) is 41.8. The molecular weight excluding hydrogens is 671 g/mol. The van der Waals surface area contributed by atoms with Crippen molar-refractivity contribution in [3.05, 3.63) is 200 Å². The van der Waals surface area contributed by atoms with E-state index in [9.17, 15) is 1.37 Å². The Hall–Kier alpha value is -7.36. The van der Waals surface area contributed by atoms with Gasteiger partial charge in [0.2, 0.25) is 0 Å². The molecule has 9 aromatic carbocycles. The SMILES string of the molecule is [2H]c1cc2oc3c([2H])c([2H])c4ccc(-c5ccc(N(c6ccc(-c7c([2H])c([2H])c([2H])c8c7oc7c([2H])c([2H])c([2H])c([2H])c78)cc6)c6ccccc6-c6ccccc6)cc5)c([2H])c4c3c2c([2H])c1[2H]. The lowest BCUT2D eigenvalue weighted by molar-refractivity contribution is 0.669. The number of rotatable bonds is 6. The lowest BCUT2D eigenvalue weighted by Crippen LogP contribution is -2.11. The van der Waals surface area contributed by atoms with E-state index >= 15 is 0 Å². The first-order chi connectivity index (χ1) is 32.7. The molecular formula is C52H33NO2. The van der Waals surface area contributed by atoms with Gasteiger partial charge in [-0.3, -0.25) is 0 Å². The third-order valence-electron chi connectivity index (χ3n) is 9.92. The highest BCUT2D eigenvalue weighted by molar-refractivity contribution is 6.19. The molecule has 3 nitrogen and oxygen atoms in total. The summed E-state index contributed by atoms with van der Waals surface area (Å²) in [5, 5.41) is 1.13. The van der Waals surface area contributed by atoms with Crippen molar-refractivity contribution >= 4 is 71.7 Å². The van der Waals surface area contributed by atoms with Crippen LogP contribution in [0.25, 0.3) is 88.0 Å². The molecule has 0 bridgehead atoms. The summed E-state index contributed by atoms with van der Waals surface area (Å²) in [6, 6.07) is 33.4. The second kappa shape index (κ2) is 12.6. The van der Waals surface area contributed by atoms with Gasteiger partial charge in [-0.1, -0.05) is 145 Å². The number of furan rings is 2. The van der Waals surface area contributed by atoms with Crippen LogP contribution in [0.2, 0.25) is 0 Å². The Bertz CT molecular complexity index is 3940. The Morgan fingerprint density at radius 3 is 1.95 bits per heavy atom. The van der Waals surface area contributed by atoms with Crippen molar-refractivity contribution in [2.75, 3.05) is 4.90 Å². The minimum atomic E-state index is -0.496. The molecule has 258 valence electrons. The summed E-state index contributed by atoms with van der Waals surface area (Å²) in [7, 11) is 0. The lowest BCUT2D eigenvalue weighted by Gasteiger charge is -2.28. The lowest BCUT2D eigenvalue weighted by atomic mass is 9.97. The van der Waals surface area contributed by atoms with Crippen molar-refractivity contribution in [3.63, 3.8) is 0 Å². The van der Waals surface area contributed by atoms with Crippen LogP contribution in [0.3, 0.4) is 0 Å². The number of nitrogens with zero attached hydrogens (tertiary/aromatic N) is 1. The van der Waals surface area contributed by atoms with Crippen LogP contribution < -0.4 is 4.90 Å². The van der Waals surface area contributed by atoms with Crippen molar-refractivity contribution < 1.29 is 26.7 Å². The normalized spacial score (nSPS) is 14.9. The third-order valence-corrected chi connectivity index (χ3v) is 9.92. The minimum absolute atomic E-state index is 0.0131. The second-order valence-corrected chi connectivity index (χ2v) is 13.1. The average Bonchev–Trinajstić information content (AvgIpc) is 3.94. The van der Waals surface area contributed by atoms with Gasteiger partial charge in [0.1, 0.15) is 22.3 Å². The van der Waals surface area contributed by atoms with Gasteiger partial charge in [-0.05, 0) is 87.6 Å². The van der Waals surface area contributed by atoms with E-state index in [1.165, 1.54) is 6.07 Å². The van der Waals surface area contributed by atoms with Gasteiger partial charge in [0, 0.05) is 44.0 Å². The summed E-state index contributed by atoms with van der Waals surface area (Å²) in [5.74, 6) is 0. The van der Waals surface area contributed by atoms with Gasteiger partial charge < -0.3 is 13.7 Å². The standard InChI is InChI=1S/C52H33NO2/c1-2-11-35(12-3-1)41-13-4-7-18-47(41)53(40-30-25-36(26-31-40)42-16-10-17-44-43-14-5-8-19-48(43)55-52(42)44)39-28-23-34(24-29-39)38-22-21-37-27-32-50-51(46(37)33-38)45-15-6-9-20-49(45)54-50/h1-33H/i5D,6D,8D,9D,10D,14D,15D,16D,17D,19D,27D,32D,33D. The number of benzene rings is 9. The highest BCUT2D eigenvalue weighted by atomic mass is 16.3. The number of hydrogen-bond donors (Lipinski definition) is 0. The first-order valence-corrected chi connectivity index (χ1v) is 17.6. The smallest absolute Gasteiger partial charge is 0.143 e. The summed E-state index contributed by atoms with van der Waals surface area (Å²) in [6.07, 6.45) is 0. The molecule has 11 aromatic rings. The van der Waals surface area contributed by atoms with Gasteiger partial charge in [0.25, 0.3) is 0 Å². The van der Waals surface area contributed by atoms with Crippen LogP contribution in [0.1, 0.15) is 17.8 Å². The quantitative estimate of drug-likeness (QED) is 0.172. The summed E-state index contributed by atoms with van der Waals surface area (Å²) >= 11 is 0. The summed E-state index contributed by atoms with van der Waals surface area (Å²) < 4.78 is 125. The fourth-order valence-corrected chi connectivity index (χ4v) is 7.35. The van der Waals surface area contributed by atoms with Crippen molar-refractivity contribution in [1.29, 1.82) is 0 Å². The number of hydrogen-bond acceptors (Lipinski definition) is 3. The Morgan fingerprint density at radius 2 is 1.09 bits per heavy atom. The molecule has 0 spiro atoms. The third kappa shape index (κ3) is 5.20. The Balaban J connectivity index is 1.07. The van der Waals surface area contributed by atoms with E-state index in [0.29, 0.717) is 33.2 Å². The topological polar surface area (TPSA) is 29.5 Å². The van der Waals surface area contributed by atoms with E-state index in [1.807, 2.05) is 91.0 Å². The molecule has 0 aliphatic rings. The number of fused-ring (bicyclic) bond motifs is 8. The highest BCUT2D eigenvalue weighted by Crippen LogP contribution is 2.43. The highest BCUT2D eigenvalue weighted by Gasteiger charge is 2.19. The van der Waals surface area contributed by atoms with Gasteiger partial charge in [0.15, 0.2) is 0 Å². The van der Waals surface area contributed by atoms with E-state index in [2.05, 4.69) is 4.90 Å². The van der Waals surface area contributed by atoms with Gasteiger partial charge in [-0.15, -0.1) is 0 Å². The van der Waals surface area contributed by atoms with E-state index in [-0.39, 0.29) is 97.8 Å². The summed E-state index contributed by atoms with van der Waals surface area (Å²) in [5.41, 5.74) is 5.95. The Kier molecular flexibility index (Phi) is 4.78. The van der Waals surface area contributed by atoms with Crippen molar-refractivity contribution in [2.45, 2.75) is 0 Å². The van der Waals surface area contributed by atoms with Crippen LogP contribution in [-0.2, 0) is 0 Å². The summed E-state index contributed by atoms with van der Waals surface area (Å²) in [6.45, 7) is 0. The van der Waals surface area contributed by atoms with E-state index in [1.54, 1.807) is 24.3 Å². The number of anilines is 3. The largest absolute Gasteiger partial charge is 0.456 e. The van der Waals surface area contributed by atoms with Gasteiger partial charge in [0.05, 0.1) is 23.5 Å². The van der Waals surface area contributed by atoms with Crippen LogP contribution in [0.4, 0.5) is 17.1 Å². The molecule has 0 N–H and O–H groups in total. The molecule has 55 heavy (non-hydrogen) atoms. The van der Waals surface area contributed by atoms with Gasteiger partial charge >= 0.3 is 0 Å². The molecule has 0 radical (unpaired) electrons. The molecule has 2 aromatic heterocycles. The second-order valence-electron chi connectivity index (χ2n) is 13.1. The van der Waals surface area contributed by atoms with E-state index in [0.717, 1.165) is 22.5 Å².